The summed E-state index contributed by atoms with van der Waals surface area (Å²) >= 11 is 5.12. The smallest absolute Gasteiger partial charge is 0.264 e. The summed E-state index contributed by atoms with van der Waals surface area (Å²) in [5, 5.41) is 38.2. The first-order valence-electron chi connectivity index (χ1n) is 6.23. The van der Waals surface area contributed by atoms with E-state index in [0.717, 1.165) is 5.69 Å². The van der Waals surface area contributed by atoms with Crippen LogP contribution in [0.2, 0.25) is 0 Å². The van der Waals surface area contributed by atoms with E-state index >= 15 is 0 Å². The number of β-amino-alcohol motifs (C(OH)–C–C–N with tert-alkyl or cyclic N) is 1. The molecule has 0 bridgehead atoms. The Bertz CT molecular complexity index is 457. The Kier molecular flexibility index (Phi) is 4.90. The van der Waals surface area contributed by atoms with Crippen molar-refractivity contribution in [1.82, 2.24) is 0 Å². The van der Waals surface area contributed by atoms with Gasteiger partial charge in [-0.15, -0.1) is 0 Å². The van der Waals surface area contributed by atoms with Gasteiger partial charge in [0.15, 0.2) is 6.10 Å². The van der Waals surface area contributed by atoms with Crippen LogP contribution < -0.4 is 4.90 Å². The van der Waals surface area contributed by atoms with Gasteiger partial charge in [0.2, 0.25) is 0 Å². The Labute approximate surface area is 121 Å². The van der Waals surface area contributed by atoms with E-state index < -0.39 is 31.0 Å². The summed E-state index contributed by atoms with van der Waals surface area (Å²) in [7, 11) is 0. The van der Waals surface area contributed by atoms with E-state index in [0.29, 0.717) is 0 Å². The zero-order valence-corrected chi connectivity index (χ0v) is 11.5. The van der Waals surface area contributed by atoms with Gasteiger partial charge in [0.25, 0.3) is 5.17 Å². The number of ether oxygens (including phenoxy) is 1. The van der Waals surface area contributed by atoms with Gasteiger partial charge in [0, 0.05) is 5.69 Å². The van der Waals surface area contributed by atoms with E-state index in [1.54, 1.807) is 4.90 Å². The average molecular weight is 299 g/mol. The molecule has 1 aromatic rings. The topological polar surface area (TPSA) is 93.4 Å². The Morgan fingerprint density at radius 2 is 1.95 bits per heavy atom. The largest absolute Gasteiger partial charge is 0.462 e. The number of aliphatic hydroxyl groups excluding tert-OH is 4. The molecule has 20 heavy (non-hydrogen) atoms. The average Bonchev–Trinajstić information content (AvgIpc) is 2.48. The minimum atomic E-state index is -1.41. The first-order valence-corrected chi connectivity index (χ1v) is 6.63. The van der Waals surface area contributed by atoms with Crippen molar-refractivity contribution < 1.29 is 25.2 Å². The normalized spacial score (nSPS) is 26.0. The number of rotatable bonds is 4. The molecule has 4 N–H and O–H groups in total. The molecule has 0 aliphatic carbocycles. The van der Waals surface area contributed by atoms with Crippen LogP contribution in [0.15, 0.2) is 30.3 Å². The molecule has 4 atom stereocenters. The van der Waals surface area contributed by atoms with E-state index in [4.69, 9.17) is 22.1 Å². The fraction of sp³-hybridized carbons (Fsp3) is 0.462. The van der Waals surface area contributed by atoms with Gasteiger partial charge in [0.05, 0.1) is 13.2 Å². The third-order valence-electron chi connectivity index (χ3n) is 3.19. The summed E-state index contributed by atoms with van der Waals surface area (Å²) in [5.41, 5.74) is 0.771. The Balaban J connectivity index is 2.11. The van der Waals surface area contributed by atoms with E-state index in [9.17, 15) is 15.3 Å². The summed E-state index contributed by atoms with van der Waals surface area (Å²) in [4.78, 5) is 1.61. The fourth-order valence-corrected chi connectivity index (χ4v) is 2.36. The second-order valence-corrected chi connectivity index (χ2v) is 4.95. The van der Waals surface area contributed by atoms with Gasteiger partial charge in [0.1, 0.15) is 18.3 Å². The van der Waals surface area contributed by atoms with Gasteiger partial charge < -0.3 is 30.1 Å². The lowest BCUT2D eigenvalue weighted by Crippen LogP contribution is -2.58. The van der Waals surface area contributed by atoms with E-state index in [1.165, 1.54) is 0 Å². The zero-order chi connectivity index (χ0) is 14.7. The van der Waals surface area contributed by atoms with E-state index in [2.05, 4.69) is 0 Å². The van der Waals surface area contributed by atoms with Crippen LogP contribution in [-0.2, 0) is 4.74 Å². The first kappa shape index (κ1) is 15.1. The van der Waals surface area contributed by atoms with Crippen LogP contribution in [0.5, 0.6) is 0 Å². The molecule has 6 nitrogen and oxygen atoms in total. The number of thiocarbonyl (C=S) groups is 1. The van der Waals surface area contributed by atoms with Gasteiger partial charge in [-0.25, -0.2) is 0 Å². The lowest BCUT2D eigenvalue weighted by molar-refractivity contribution is -0.112. The monoisotopic (exact) mass is 299 g/mol. The highest BCUT2D eigenvalue weighted by atomic mass is 32.1. The number of nitrogens with zero attached hydrogens (tertiary/aromatic N) is 1. The molecule has 1 heterocycles. The predicted octanol–water partition coefficient (Wildman–Crippen LogP) is -0.748. The second-order valence-electron chi connectivity index (χ2n) is 4.60. The maximum absolute atomic E-state index is 10.1. The number of para-hydroxylation sites is 1. The van der Waals surface area contributed by atoms with Crippen molar-refractivity contribution in [2.75, 3.05) is 18.1 Å². The molecule has 0 unspecified atom stereocenters. The molecule has 7 heteroatoms. The van der Waals surface area contributed by atoms with E-state index in [1.807, 2.05) is 30.3 Å². The standard InChI is InChI=1S/C13H17NO5S/c15-7-10(17)11(18)12-9(16)6-14(13(20)19-12)8-4-2-1-3-5-8/h1-5,9-12,15-18H,6-7H2/t9-,10+,11+,12+/m0/s1. The van der Waals surface area contributed by atoms with Crippen molar-refractivity contribution in [1.29, 1.82) is 0 Å². The van der Waals surface area contributed by atoms with Crippen molar-refractivity contribution in [3.8, 4) is 0 Å². The van der Waals surface area contributed by atoms with Crippen molar-refractivity contribution in [3.63, 3.8) is 0 Å². The minimum absolute atomic E-state index is 0.107. The molecule has 2 rings (SSSR count). The molecule has 0 spiro atoms. The van der Waals surface area contributed by atoms with Gasteiger partial charge >= 0.3 is 0 Å². The van der Waals surface area contributed by atoms with Gasteiger partial charge in [-0.05, 0) is 24.4 Å². The number of hydrogen-bond acceptors (Lipinski definition) is 6. The minimum Gasteiger partial charge on any atom is -0.462 e. The maximum Gasteiger partial charge on any atom is 0.264 e. The molecule has 1 saturated heterocycles. The number of anilines is 1. The fourth-order valence-electron chi connectivity index (χ4n) is 2.07. The highest BCUT2D eigenvalue weighted by Gasteiger charge is 2.40. The van der Waals surface area contributed by atoms with Crippen LogP contribution in [0.4, 0.5) is 5.69 Å². The molecule has 1 aliphatic heterocycles. The highest BCUT2D eigenvalue weighted by Crippen LogP contribution is 2.23. The maximum atomic E-state index is 10.1. The molecule has 0 aromatic heterocycles. The molecule has 0 saturated carbocycles. The molecular formula is C13H17NO5S. The summed E-state index contributed by atoms with van der Waals surface area (Å²) in [6, 6.07) is 9.17. The van der Waals surface area contributed by atoms with Crippen molar-refractivity contribution in [2.45, 2.75) is 24.4 Å². The van der Waals surface area contributed by atoms with Gasteiger partial charge in [-0.2, -0.15) is 0 Å². The molecule has 1 aromatic carbocycles. The summed E-state index contributed by atoms with van der Waals surface area (Å²) in [6.07, 6.45) is -4.91. The molecule has 0 radical (unpaired) electrons. The summed E-state index contributed by atoms with van der Waals surface area (Å²) < 4.78 is 5.34. The molecular weight excluding hydrogens is 282 g/mol. The second kappa shape index (κ2) is 6.47. The Morgan fingerprint density at radius 1 is 1.30 bits per heavy atom. The lowest BCUT2D eigenvalue weighted by atomic mass is 10.0. The van der Waals surface area contributed by atoms with Crippen molar-refractivity contribution >= 4 is 23.1 Å². The van der Waals surface area contributed by atoms with Crippen LogP contribution in [-0.4, -0.2) is 63.2 Å². The zero-order valence-electron chi connectivity index (χ0n) is 10.7. The van der Waals surface area contributed by atoms with Crippen molar-refractivity contribution in [2.24, 2.45) is 0 Å². The third-order valence-corrected chi connectivity index (χ3v) is 3.51. The highest BCUT2D eigenvalue weighted by molar-refractivity contribution is 7.80. The molecule has 1 aliphatic rings. The number of benzene rings is 1. The SMILES string of the molecule is OC[C@@H](O)[C@@H](O)[C@@H]1OC(=S)N(c2ccccc2)C[C@@H]1O. The number of hydrogen-bond donors (Lipinski definition) is 4. The Hall–Kier alpha value is -1.25. The molecule has 0 amide bonds. The third kappa shape index (κ3) is 3.08. The van der Waals surface area contributed by atoms with Gasteiger partial charge in [-0.1, -0.05) is 18.2 Å². The number of aliphatic hydroxyl groups is 4. The van der Waals surface area contributed by atoms with Crippen LogP contribution in [0.3, 0.4) is 0 Å². The van der Waals surface area contributed by atoms with Crippen LogP contribution in [0.1, 0.15) is 0 Å². The lowest BCUT2D eigenvalue weighted by Gasteiger charge is -2.40. The first-order chi connectivity index (χ1) is 9.54. The quantitative estimate of drug-likeness (QED) is 0.544. The summed E-state index contributed by atoms with van der Waals surface area (Å²) in [6.45, 7) is -0.481. The van der Waals surface area contributed by atoms with Gasteiger partial charge in [-0.3, -0.25) is 0 Å². The van der Waals surface area contributed by atoms with Crippen LogP contribution in [0, 0.1) is 0 Å². The van der Waals surface area contributed by atoms with Crippen molar-refractivity contribution in [3.05, 3.63) is 30.3 Å². The summed E-state index contributed by atoms with van der Waals surface area (Å²) in [5.74, 6) is 0. The molecule has 110 valence electrons. The predicted molar refractivity (Wildman–Crippen MR) is 76.4 cm³/mol. The van der Waals surface area contributed by atoms with Crippen LogP contribution in [0.25, 0.3) is 0 Å². The molecule has 1 fully saturated rings. The van der Waals surface area contributed by atoms with Crippen LogP contribution >= 0.6 is 12.2 Å². The van der Waals surface area contributed by atoms with E-state index in [-0.39, 0.29) is 11.7 Å². The Morgan fingerprint density at radius 3 is 2.55 bits per heavy atom.